The van der Waals surface area contributed by atoms with Crippen LogP contribution in [0.2, 0.25) is 0 Å². The molecule has 0 aliphatic heterocycles. The Kier molecular flexibility index (Phi) is 2.85. The SMILES string of the molecule is O=C(O)C1(Cc2ccn(-c3ccccc3)n2)CCC1. The van der Waals surface area contributed by atoms with E-state index in [0.717, 1.165) is 30.6 Å². The fraction of sp³-hybridized carbons (Fsp3) is 0.333. The van der Waals surface area contributed by atoms with E-state index in [9.17, 15) is 9.90 Å². The van der Waals surface area contributed by atoms with E-state index in [1.54, 1.807) is 4.68 Å². The Labute approximate surface area is 111 Å². The Morgan fingerprint density at radius 3 is 2.58 bits per heavy atom. The highest BCUT2D eigenvalue weighted by Gasteiger charge is 2.44. The van der Waals surface area contributed by atoms with E-state index in [1.807, 2.05) is 42.6 Å². The summed E-state index contributed by atoms with van der Waals surface area (Å²) in [4.78, 5) is 11.4. The van der Waals surface area contributed by atoms with Gasteiger partial charge in [-0.1, -0.05) is 24.6 Å². The normalized spacial score (nSPS) is 16.8. The number of carbonyl (C=O) groups is 1. The molecular weight excluding hydrogens is 240 g/mol. The first-order chi connectivity index (χ1) is 9.20. The number of hydrogen-bond acceptors (Lipinski definition) is 2. The van der Waals surface area contributed by atoms with Gasteiger partial charge in [-0.15, -0.1) is 0 Å². The van der Waals surface area contributed by atoms with Crippen LogP contribution in [0.15, 0.2) is 42.6 Å². The van der Waals surface area contributed by atoms with Crippen LogP contribution in [-0.2, 0) is 11.2 Å². The second-order valence-electron chi connectivity index (χ2n) is 5.20. The molecular formula is C15H16N2O2. The number of nitrogens with zero attached hydrogens (tertiary/aromatic N) is 2. The number of carboxylic acids is 1. The summed E-state index contributed by atoms with van der Waals surface area (Å²) >= 11 is 0. The van der Waals surface area contributed by atoms with E-state index >= 15 is 0 Å². The maximum atomic E-state index is 11.4. The molecule has 98 valence electrons. The van der Waals surface area contributed by atoms with Gasteiger partial charge in [0, 0.05) is 12.6 Å². The standard InChI is InChI=1S/C15H16N2O2/c18-14(19)15(8-4-9-15)11-12-7-10-17(16-12)13-5-2-1-3-6-13/h1-3,5-7,10H,4,8-9,11H2,(H,18,19). The molecule has 1 N–H and O–H groups in total. The van der Waals surface area contributed by atoms with E-state index in [-0.39, 0.29) is 0 Å². The van der Waals surface area contributed by atoms with Crippen molar-refractivity contribution in [2.75, 3.05) is 0 Å². The summed E-state index contributed by atoms with van der Waals surface area (Å²) in [5.74, 6) is -0.687. The van der Waals surface area contributed by atoms with Crippen LogP contribution in [0, 0.1) is 5.41 Å². The van der Waals surface area contributed by atoms with Crippen LogP contribution >= 0.6 is 0 Å². The molecule has 0 bridgehead atoms. The second kappa shape index (κ2) is 4.53. The zero-order chi connectivity index (χ0) is 13.3. The molecule has 0 saturated heterocycles. The Balaban J connectivity index is 1.81. The molecule has 0 amide bonds. The maximum absolute atomic E-state index is 11.4. The van der Waals surface area contributed by atoms with Crippen molar-refractivity contribution < 1.29 is 9.90 Å². The molecule has 3 rings (SSSR count). The number of hydrogen-bond donors (Lipinski definition) is 1. The largest absolute Gasteiger partial charge is 0.481 e. The predicted octanol–water partition coefficient (Wildman–Crippen LogP) is 2.67. The zero-order valence-electron chi connectivity index (χ0n) is 10.6. The maximum Gasteiger partial charge on any atom is 0.310 e. The lowest BCUT2D eigenvalue weighted by Gasteiger charge is -2.37. The number of rotatable bonds is 4. The summed E-state index contributed by atoms with van der Waals surface area (Å²) in [5, 5.41) is 13.8. The van der Waals surface area contributed by atoms with Crippen molar-refractivity contribution in [2.24, 2.45) is 5.41 Å². The smallest absolute Gasteiger partial charge is 0.310 e. The van der Waals surface area contributed by atoms with E-state index in [4.69, 9.17) is 0 Å². The van der Waals surface area contributed by atoms with Crippen LogP contribution < -0.4 is 0 Å². The zero-order valence-corrected chi connectivity index (χ0v) is 10.6. The topological polar surface area (TPSA) is 55.1 Å². The van der Waals surface area contributed by atoms with Crippen molar-refractivity contribution in [2.45, 2.75) is 25.7 Å². The first kappa shape index (κ1) is 12.0. The molecule has 1 aromatic heterocycles. The third kappa shape index (κ3) is 2.14. The van der Waals surface area contributed by atoms with Crippen molar-refractivity contribution in [1.82, 2.24) is 9.78 Å². The van der Waals surface area contributed by atoms with Crippen molar-refractivity contribution in [3.63, 3.8) is 0 Å². The fourth-order valence-corrected chi connectivity index (χ4v) is 2.60. The molecule has 1 aliphatic rings. The van der Waals surface area contributed by atoms with E-state index in [1.165, 1.54) is 0 Å². The molecule has 0 atom stereocenters. The Morgan fingerprint density at radius 2 is 2.00 bits per heavy atom. The molecule has 4 heteroatoms. The van der Waals surface area contributed by atoms with Crippen LogP contribution in [0.25, 0.3) is 5.69 Å². The molecule has 1 heterocycles. The lowest BCUT2D eigenvalue weighted by atomic mass is 9.66. The summed E-state index contributed by atoms with van der Waals surface area (Å²) < 4.78 is 1.80. The Morgan fingerprint density at radius 1 is 1.26 bits per heavy atom. The summed E-state index contributed by atoms with van der Waals surface area (Å²) in [7, 11) is 0. The minimum atomic E-state index is -0.687. The molecule has 1 aromatic carbocycles. The molecule has 19 heavy (non-hydrogen) atoms. The molecule has 0 spiro atoms. The highest BCUT2D eigenvalue weighted by Crippen LogP contribution is 2.43. The first-order valence-corrected chi connectivity index (χ1v) is 6.53. The van der Waals surface area contributed by atoms with Gasteiger partial charge in [0.05, 0.1) is 16.8 Å². The van der Waals surface area contributed by atoms with Crippen molar-refractivity contribution in [3.8, 4) is 5.69 Å². The molecule has 1 fully saturated rings. The fourth-order valence-electron chi connectivity index (χ4n) is 2.60. The summed E-state index contributed by atoms with van der Waals surface area (Å²) in [6.45, 7) is 0. The molecule has 0 unspecified atom stereocenters. The number of para-hydroxylation sites is 1. The van der Waals surface area contributed by atoms with Crippen molar-refractivity contribution in [1.29, 1.82) is 0 Å². The third-order valence-corrected chi connectivity index (χ3v) is 3.95. The van der Waals surface area contributed by atoms with Crippen LogP contribution in [0.5, 0.6) is 0 Å². The van der Waals surface area contributed by atoms with Gasteiger partial charge in [-0.2, -0.15) is 5.10 Å². The van der Waals surface area contributed by atoms with Crippen molar-refractivity contribution >= 4 is 5.97 Å². The van der Waals surface area contributed by atoms with Gasteiger partial charge in [-0.25, -0.2) is 4.68 Å². The van der Waals surface area contributed by atoms with Crippen LogP contribution in [-0.4, -0.2) is 20.9 Å². The average Bonchev–Trinajstić information content (AvgIpc) is 2.83. The van der Waals surface area contributed by atoms with E-state index < -0.39 is 11.4 Å². The van der Waals surface area contributed by atoms with Gasteiger partial charge in [0.25, 0.3) is 0 Å². The van der Waals surface area contributed by atoms with Crippen LogP contribution in [0.1, 0.15) is 25.0 Å². The minimum Gasteiger partial charge on any atom is -0.481 e. The highest BCUT2D eigenvalue weighted by molar-refractivity contribution is 5.76. The van der Waals surface area contributed by atoms with Gasteiger partial charge in [-0.3, -0.25) is 4.79 Å². The number of aliphatic carboxylic acids is 1. The molecule has 4 nitrogen and oxygen atoms in total. The summed E-state index contributed by atoms with van der Waals surface area (Å²) in [5.41, 5.74) is 1.27. The summed E-state index contributed by atoms with van der Waals surface area (Å²) in [6.07, 6.45) is 4.95. The minimum absolute atomic E-state index is 0.530. The predicted molar refractivity (Wildman–Crippen MR) is 71.2 cm³/mol. The quantitative estimate of drug-likeness (QED) is 0.915. The highest BCUT2D eigenvalue weighted by atomic mass is 16.4. The van der Waals surface area contributed by atoms with Crippen LogP contribution in [0.3, 0.4) is 0 Å². The summed E-state index contributed by atoms with van der Waals surface area (Å²) in [6, 6.07) is 11.8. The number of aromatic nitrogens is 2. The van der Waals surface area contributed by atoms with E-state index in [0.29, 0.717) is 6.42 Å². The molecule has 2 aromatic rings. The van der Waals surface area contributed by atoms with Gasteiger partial charge < -0.3 is 5.11 Å². The third-order valence-electron chi connectivity index (χ3n) is 3.95. The van der Waals surface area contributed by atoms with Gasteiger partial charge in [0.15, 0.2) is 0 Å². The monoisotopic (exact) mass is 256 g/mol. The first-order valence-electron chi connectivity index (χ1n) is 6.53. The Bertz CT molecular complexity index is 585. The molecule has 1 saturated carbocycles. The number of benzene rings is 1. The van der Waals surface area contributed by atoms with Crippen molar-refractivity contribution in [3.05, 3.63) is 48.3 Å². The van der Waals surface area contributed by atoms with Gasteiger partial charge in [-0.05, 0) is 31.0 Å². The number of carboxylic acid groups (broad SMARTS) is 1. The van der Waals surface area contributed by atoms with E-state index in [2.05, 4.69) is 5.10 Å². The Hall–Kier alpha value is -2.10. The van der Waals surface area contributed by atoms with Gasteiger partial charge in [0.1, 0.15) is 0 Å². The van der Waals surface area contributed by atoms with Gasteiger partial charge in [0.2, 0.25) is 0 Å². The van der Waals surface area contributed by atoms with Gasteiger partial charge >= 0.3 is 5.97 Å². The van der Waals surface area contributed by atoms with Crippen LogP contribution in [0.4, 0.5) is 0 Å². The lowest BCUT2D eigenvalue weighted by molar-refractivity contribution is -0.154. The molecule has 0 radical (unpaired) electrons. The lowest BCUT2D eigenvalue weighted by Crippen LogP contribution is -2.40. The molecule has 1 aliphatic carbocycles. The second-order valence-corrected chi connectivity index (χ2v) is 5.20. The average molecular weight is 256 g/mol.